The molecule has 0 spiro atoms. The number of ether oxygens (including phenoxy) is 1. The molecule has 0 unspecified atom stereocenters. The van der Waals surface area contributed by atoms with Gasteiger partial charge in [-0.25, -0.2) is 0 Å². The highest BCUT2D eigenvalue weighted by Gasteiger charge is 2.34. The zero-order valence-electron chi connectivity index (χ0n) is 16.3. The summed E-state index contributed by atoms with van der Waals surface area (Å²) in [6, 6.07) is 6.26. The molecule has 5 heteroatoms. The molecule has 0 amide bonds. The average Bonchev–Trinajstić information content (AvgIpc) is 3.60. The van der Waals surface area contributed by atoms with Crippen molar-refractivity contribution < 1.29 is 4.74 Å². The van der Waals surface area contributed by atoms with Crippen molar-refractivity contribution in [1.29, 1.82) is 0 Å². The van der Waals surface area contributed by atoms with Gasteiger partial charge in [0.2, 0.25) is 0 Å². The predicted molar refractivity (Wildman–Crippen MR) is 113 cm³/mol. The van der Waals surface area contributed by atoms with Gasteiger partial charge >= 0.3 is 0 Å². The highest BCUT2D eigenvalue weighted by atomic mass is 35.5. The molecule has 0 radical (unpaired) electrons. The lowest BCUT2D eigenvalue weighted by Crippen LogP contribution is -2.42. The van der Waals surface area contributed by atoms with Gasteiger partial charge in [0.1, 0.15) is 5.75 Å². The summed E-state index contributed by atoms with van der Waals surface area (Å²) in [7, 11) is 0. The molecule has 1 aromatic heterocycles. The third kappa shape index (κ3) is 4.23. The molecule has 150 valence electrons. The third-order valence-corrected chi connectivity index (χ3v) is 6.95. The highest BCUT2D eigenvalue weighted by molar-refractivity contribution is 6.32. The molecule has 3 aliphatic carbocycles. The van der Waals surface area contributed by atoms with Gasteiger partial charge < -0.3 is 9.72 Å². The van der Waals surface area contributed by atoms with Crippen LogP contribution >= 0.6 is 11.6 Å². The van der Waals surface area contributed by atoms with Crippen LogP contribution in [-0.2, 0) is 0 Å². The Labute approximate surface area is 171 Å². The van der Waals surface area contributed by atoms with Gasteiger partial charge in [-0.3, -0.25) is 9.69 Å². The monoisotopic (exact) mass is 400 g/mol. The van der Waals surface area contributed by atoms with Crippen LogP contribution in [0.3, 0.4) is 0 Å². The fourth-order valence-corrected chi connectivity index (χ4v) is 4.83. The molecule has 0 bridgehead atoms. The van der Waals surface area contributed by atoms with E-state index in [-0.39, 0.29) is 11.7 Å². The summed E-state index contributed by atoms with van der Waals surface area (Å²) in [5.74, 6) is 2.63. The van der Waals surface area contributed by atoms with Crippen molar-refractivity contribution in [3.05, 3.63) is 39.8 Å². The van der Waals surface area contributed by atoms with E-state index in [1.165, 1.54) is 51.6 Å². The average molecular weight is 401 g/mol. The molecule has 0 saturated heterocycles. The van der Waals surface area contributed by atoms with Crippen molar-refractivity contribution in [2.75, 3.05) is 13.1 Å². The Kier molecular flexibility index (Phi) is 5.10. The summed E-state index contributed by atoms with van der Waals surface area (Å²) >= 11 is 6.42. The predicted octanol–water partition coefficient (Wildman–Crippen LogP) is 4.99. The topological polar surface area (TPSA) is 45.3 Å². The first-order valence-corrected chi connectivity index (χ1v) is 11.2. The Hall–Kier alpha value is -1.52. The van der Waals surface area contributed by atoms with Crippen LogP contribution in [0, 0.1) is 11.8 Å². The number of rotatable bonds is 7. The van der Waals surface area contributed by atoms with Gasteiger partial charge in [-0.15, -0.1) is 0 Å². The molecule has 0 atom stereocenters. The van der Waals surface area contributed by atoms with E-state index >= 15 is 0 Å². The van der Waals surface area contributed by atoms with E-state index in [0.717, 1.165) is 36.1 Å². The molecular weight excluding hydrogens is 372 g/mol. The summed E-state index contributed by atoms with van der Waals surface area (Å²) in [4.78, 5) is 17.4. The number of nitrogens with one attached hydrogen (secondary N) is 1. The zero-order valence-corrected chi connectivity index (χ0v) is 17.1. The fourth-order valence-electron chi connectivity index (χ4n) is 4.62. The molecule has 28 heavy (non-hydrogen) atoms. The molecule has 1 aromatic carbocycles. The number of pyridine rings is 1. The Balaban J connectivity index is 1.22. The second-order valence-electron chi connectivity index (χ2n) is 9.07. The molecule has 3 aliphatic rings. The van der Waals surface area contributed by atoms with Crippen molar-refractivity contribution in [2.24, 2.45) is 11.8 Å². The minimum absolute atomic E-state index is 0.113. The first kappa shape index (κ1) is 18.5. The minimum atomic E-state index is -0.113. The Morgan fingerprint density at radius 3 is 2.32 bits per heavy atom. The smallest absolute Gasteiger partial charge is 0.255 e. The van der Waals surface area contributed by atoms with Crippen molar-refractivity contribution in [3.63, 3.8) is 0 Å². The highest BCUT2D eigenvalue weighted by Crippen LogP contribution is 2.38. The van der Waals surface area contributed by atoms with E-state index < -0.39 is 0 Å². The third-order valence-electron chi connectivity index (χ3n) is 6.66. The molecule has 3 fully saturated rings. The van der Waals surface area contributed by atoms with Crippen LogP contribution in [0.1, 0.15) is 51.4 Å². The van der Waals surface area contributed by atoms with Gasteiger partial charge in [0.15, 0.2) is 0 Å². The molecule has 4 nitrogen and oxygen atoms in total. The number of nitrogens with zero attached hydrogens (tertiary/aromatic N) is 1. The standard InChI is InChI=1S/C23H29ClN2O2/c24-21-12-20-17(9-10-25-23(20)27)11-22(21)28-19-7-5-18(6-8-19)26(13-15-1-2-15)14-16-3-4-16/h9-12,15-16,18-19H,1-8,13-14H2,(H,25,27)/t18-,19+. The van der Waals surface area contributed by atoms with Crippen LogP contribution < -0.4 is 10.3 Å². The molecule has 3 saturated carbocycles. The summed E-state index contributed by atoms with van der Waals surface area (Å²) in [5.41, 5.74) is -0.113. The van der Waals surface area contributed by atoms with E-state index in [1.807, 2.05) is 12.1 Å². The van der Waals surface area contributed by atoms with Gasteiger partial charge in [0, 0.05) is 30.7 Å². The lowest BCUT2D eigenvalue weighted by Gasteiger charge is -2.37. The van der Waals surface area contributed by atoms with E-state index in [4.69, 9.17) is 16.3 Å². The van der Waals surface area contributed by atoms with Crippen molar-refractivity contribution in [2.45, 2.75) is 63.5 Å². The SMILES string of the molecule is O=c1[nH]ccc2cc(O[C@H]3CC[C@@H](N(CC4CC4)CC4CC4)CC3)c(Cl)cc12. The van der Waals surface area contributed by atoms with Crippen LogP contribution in [0.5, 0.6) is 5.75 Å². The second kappa shape index (κ2) is 7.72. The number of aromatic amines is 1. The molecular formula is C23H29ClN2O2. The maximum absolute atomic E-state index is 11.9. The van der Waals surface area contributed by atoms with Gasteiger partial charge in [-0.1, -0.05) is 11.6 Å². The van der Waals surface area contributed by atoms with E-state index in [9.17, 15) is 4.79 Å². The molecule has 2 aromatic rings. The van der Waals surface area contributed by atoms with Gasteiger partial charge in [0.25, 0.3) is 5.56 Å². The van der Waals surface area contributed by atoms with Gasteiger partial charge in [0.05, 0.1) is 11.1 Å². The molecule has 5 rings (SSSR count). The number of hydrogen-bond acceptors (Lipinski definition) is 3. The summed E-state index contributed by atoms with van der Waals surface area (Å²) in [5, 5.41) is 2.01. The van der Waals surface area contributed by atoms with Crippen molar-refractivity contribution >= 4 is 22.4 Å². The number of fused-ring (bicyclic) bond motifs is 1. The van der Waals surface area contributed by atoms with Crippen molar-refractivity contribution in [3.8, 4) is 5.75 Å². The molecule has 1 N–H and O–H groups in total. The zero-order chi connectivity index (χ0) is 19.1. The van der Waals surface area contributed by atoms with Crippen LogP contribution in [-0.4, -0.2) is 35.1 Å². The number of benzene rings is 1. The quantitative estimate of drug-likeness (QED) is 0.711. The van der Waals surface area contributed by atoms with Gasteiger partial charge in [-0.2, -0.15) is 0 Å². The molecule has 1 heterocycles. The summed E-state index contributed by atoms with van der Waals surface area (Å²) in [6.07, 6.45) is 12.2. The van der Waals surface area contributed by atoms with E-state index in [1.54, 1.807) is 12.3 Å². The second-order valence-corrected chi connectivity index (χ2v) is 9.47. The first-order valence-electron chi connectivity index (χ1n) is 10.9. The first-order chi connectivity index (χ1) is 13.7. The van der Waals surface area contributed by atoms with E-state index in [0.29, 0.717) is 16.2 Å². The fraction of sp³-hybridized carbons (Fsp3) is 0.609. The normalized spacial score (nSPS) is 25.4. The maximum Gasteiger partial charge on any atom is 0.255 e. The Morgan fingerprint density at radius 1 is 1.00 bits per heavy atom. The molecule has 0 aliphatic heterocycles. The van der Waals surface area contributed by atoms with Crippen molar-refractivity contribution in [1.82, 2.24) is 9.88 Å². The summed E-state index contributed by atoms with van der Waals surface area (Å²) in [6.45, 7) is 2.63. The number of halogens is 1. The number of aromatic nitrogens is 1. The Morgan fingerprint density at radius 2 is 1.68 bits per heavy atom. The van der Waals surface area contributed by atoms with Crippen LogP contribution in [0.4, 0.5) is 0 Å². The van der Waals surface area contributed by atoms with Gasteiger partial charge in [-0.05, 0) is 86.8 Å². The summed E-state index contributed by atoms with van der Waals surface area (Å²) < 4.78 is 6.29. The van der Waals surface area contributed by atoms with Crippen LogP contribution in [0.2, 0.25) is 5.02 Å². The number of H-pyrrole nitrogens is 1. The lowest BCUT2D eigenvalue weighted by molar-refractivity contribution is 0.0825. The van der Waals surface area contributed by atoms with E-state index in [2.05, 4.69) is 9.88 Å². The lowest BCUT2D eigenvalue weighted by atomic mass is 9.91. The number of hydrogen-bond donors (Lipinski definition) is 1. The van der Waals surface area contributed by atoms with Crippen LogP contribution in [0.25, 0.3) is 10.8 Å². The largest absolute Gasteiger partial charge is 0.489 e. The maximum atomic E-state index is 11.9. The van der Waals surface area contributed by atoms with Crippen LogP contribution in [0.15, 0.2) is 29.2 Å². The Bertz CT molecular complexity index is 881. The minimum Gasteiger partial charge on any atom is -0.489 e.